The van der Waals surface area contributed by atoms with Gasteiger partial charge in [-0.2, -0.15) is 0 Å². The molecule has 7 nitrogen and oxygen atoms in total. The Balaban J connectivity index is 1.65. The summed E-state index contributed by atoms with van der Waals surface area (Å²) in [6.45, 7) is 1.73. The van der Waals surface area contributed by atoms with E-state index >= 15 is 0 Å². The molecular formula is C24H25N5O2S. The second-order valence-electron chi connectivity index (χ2n) is 7.63. The van der Waals surface area contributed by atoms with Crippen molar-refractivity contribution in [1.82, 2.24) is 20.2 Å². The van der Waals surface area contributed by atoms with E-state index in [0.29, 0.717) is 35.2 Å². The van der Waals surface area contributed by atoms with E-state index in [1.165, 1.54) is 11.3 Å². The fourth-order valence-electron chi connectivity index (χ4n) is 3.19. The fraction of sp³-hybridized carbons (Fsp3) is 0.208. The van der Waals surface area contributed by atoms with Crippen LogP contribution in [-0.2, 0) is 6.54 Å². The zero-order chi connectivity index (χ0) is 22.5. The molecule has 0 saturated carbocycles. The van der Waals surface area contributed by atoms with Gasteiger partial charge in [-0.3, -0.25) is 4.79 Å². The maximum Gasteiger partial charge on any atom is 0.280 e. The Morgan fingerprint density at radius 3 is 2.69 bits per heavy atom. The van der Waals surface area contributed by atoms with Crippen LogP contribution in [0.25, 0.3) is 21.3 Å². The van der Waals surface area contributed by atoms with Crippen molar-refractivity contribution in [1.29, 1.82) is 0 Å². The fourth-order valence-corrected chi connectivity index (χ4v) is 4.13. The number of carbonyl (C=O) groups is 1. The number of amides is 1. The Labute approximate surface area is 190 Å². The Kier molecular flexibility index (Phi) is 6.63. The first-order valence-electron chi connectivity index (χ1n) is 10.3. The quantitative estimate of drug-likeness (QED) is 0.427. The number of thiazole rings is 1. The molecule has 1 amide bonds. The molecule has 2 aromatic carbocycles. The van der Waals surface area contributed by atoms with Gasteiger partial charge < -0.3 is 20.7 Å². The Morgan fingerprint density at radius 1 is 1.12 bits per heavy atom. The van der Waals surface area contributed by atoms with Gasteiger partial charge in [0.25, 0.3) is 5.91 Å². The molecular weight excluding hydrogens is 422 g/mol. The number of likely N-dealkylation sites (N-methyl/N-ethyl adjacent to an activating group) is 1. The van der Waals surface area contributed by atoms with Gasteiger partial charge in [0.15, 0.2) is 5.01 Å². The van der Waals surface area contributed by atoms with E-state index in [4.69, 9.17) is 10.5 Å². The van der Waals surface area contributed by atoms with Crippen molar-refractivity contribution < 1.29 is 9.53 Å². The average molecular weight is 448 g/mol. The molecule has 4 rings (SSSR count). The molecule has 3 N–H and O–H groups in total. The number of nitrogens with two attached hydrogens (primary N) is 1. The van der Waals surface area contributed by atoms with Gasteiger partial charge in [0, 0.05) is 19.3 Å². The number of fused-ring (bicyclic) bond motifs is 1. The third kappa shape index (κ3) is 5.22. The van der Waals surface area contributed by atoms with Crippen LogP contribution >= 0.6 is 11.3 Å². The van der Waals surface area contributed by atoms with Crippen molar-refractivity contribution in [2.24, 2.45) is 0 Å². The first-order chi connectivity index (χ1) is 15.5. The number of carbonyl (C=O) groups excluding carboxylic acids is 1. The molecule has 4 aromatic rings. The van der Waals surface area contributed by atoms with Gasteiger partial charge in [-0.15, -0.1) is 11.3 Å². The van der Waals surface area contributed by atoms with Gasteiger partial charge in [-0.25, -0.2) is 9.97 Å². The van der Waals surface area contributed by atoms with Crippen molar-refractivity contribution in [2.75, 3.05) is 33.0 Å². The lowest BCUT2D eigenvalue weighted by Crippen LogP contribution is -2.22. The van der Waals surface area contributed by atoms with Crippen LogP contribution in [0.15, 0.2) is 60.8 Å². The summed E-state index contributed by atoms with van der Waals surface area (Å²) in [5.41, 5.74) is 9.46. The average Bonchev–Trinajstić information content (AvgIpc) is 3.22. The largest absolute Gasteiger partial charge is 0.490 e. The first kappa shape index (κ1) is 21.7. The van der Waals surface area contributed by atoms with Crippen LogP contribution < -0.4 is 15.8 Å². The monoisotopic (exact) mass is 447 g/mol. The van der Waals surface area contributed by atoms with E-state index in [0.717, 1.165) is 27.9 Å². The van der Waals surface area contributed by atoms with Gasteiger partial charge in [0.05, 0.1) is 4.70 Å². The number of anilines is 1. The van der Waals surface area contributed by atoms with E-state index in [1.807, 2.05) is 73.6 Å². The van der Waals surface area contributed by atoms with Crippen molar-refractivity contribution in [3.05, 3.63) is 71.4 Å². The Hall–Kier alpha value is -3.49. The van der Waals surface area contributed by atoms with E-state index in [9.17, 15) is 4.79 Å². The van der Waals surface area contributed by atoms with E-state index in [2.05, 4.69) is 15.3 Å². The second-order valence-corrected chi connectivity index (χ2v) is 8.66. The molecule has 2 heterocycles. The van der Waals surface area contributed by atoms with Crippen LogP contribution in [0.1, 0.15) is 15.4 Å². The number of nitrogens with zero attached hydrogens (tertiary/aromatic N) is 3. The molecule has 0 saturated heterocycles. The lowest BCUT2D eigenvalue weighted by Gasteiger charge is -2.12. The summed E-state index contributed by atoms with van der Waals surface area (Å²) in [4.78, 5) is 23.5. The lowest BCUT2D eigenvalue weighted by molar-refractivity contribution is 0.0950. The number of rotatable bonds is 8. The SMILES string of the molecule is CN(C)CCOc1cc(-c2ccnc(N)c2)cc2sc(C(=O)NCc3ccccc3)nc12. The highest BCUT2D eigenvalue weighted by Crippen LogP contribution is 2.35. The highest BCUT2D eigenvalue weighted by atomic mass is 32.1. The summed E-state index contributed by atoms with van der Waals surface area (Å²) >= 11 is 1.35. The van der Waals surface area contributed by atoms with Crippen molar-refractivity contribution in [2.45, 2.75) is 6.54 Å². The van der Waals surface area contributed by atoms with Gasteiger partial charge in [0.2, 0.25) is 0 Å². The van der Waals surface area contributed by atoms with Crippen LogP contribution in [0.2, 0.25) is 0 Å². The molecule has 0 bridgehead atoms. The molecule has 32 heavy (non-hydrogen) atoms. The van der Waals surface area contributed by atoms with Crippen molar-refractivity contribution in [3.8, 4) is 16.9 Å². The maximum atomic E-state index is 12.8. The van der Waals surface area contributed by atoms with Crippen LogP contribution in [0.5, 0.6) is 5.75 Å². The molecule has 0 aliphatic rings. The molecule has 0 atom stereocenters. The van der Waals surface area contributed by atoms with Crippen LogP contribution in [0.3, 0.4) is 0 Å². The minimum absolute atomic E-state index is 0.205. The summed E-state index contributed by atoms with van der Waals surface area (Å²) in [6.07, 6.45) is 1.68. The minimum atomic E-state index is -0.205. The van der Waals surface area contributed by atoms with Gasteiger partial charge in [-0.1, -0.05) is 30.3 Å². The number of hydrogen-bond donors (Lipinski definition) is 2. The van der Waals surface area contributed by atoms with E-state index < -0.39 is 0 Å². The normalized spacial score (nSPS) is 11.1. The highest BCUT2D eigenvalue weighted by molar-refractivity contribution is 7.20. The maximum absolute atomic E-state index is 12.8. The van der Waals surface area contributed by atoms with E-state index in [-0.39, 0.29) is 5.91 Å². The molecule has 8 heteroatoms. The molecule has 0 aliphatic heterocycles. The smallest absolute Gasteiger partial charge is 0.280 e. The van der Waals surface area contributed by atoms with Crippen molar-refractivity contribution >= 4 is 33.3 Å². The Bertz CT molecular complexity index is 1220. The molecule has 0 radical (unpaired) electrons. The summed E-state index contributed by atoms with van der Waals surface area (Å²) < 4.78 is 6.95. The molecule has 0 unspecified atom stereocenters. The summed E-state index contributed by atoms with van der Waals surface area (Å²) in [5, 5.41) is 3.35. The number of ether oxygens (including phenoxy) is 1. The second kappa shape index (κ2) is 9.76. The number of hydrogen-bond acceptors (Lipinski definition) is 7. The summed E-state index contributed by atoms with van der Waals surface area (Å²) in [7, 11) is 3.99. The highest BCUT2D eigenvalue weighted by Gasteiger charge is 2.17. The first-order valence-corrected chi connectivity index (χ1v) is 11.1. The van der Waals surface area contributed by atoms with E-state index in [1.54, 1.807) is 6.20 Å². The zero-order valence-corrected chi connectivity index (χ0v) is 18.9. The number of nitrogen functional groups attached to an aromatic ring is 1. The predicted octanol–water partition coefficient (Wildman–Crippen LogP) is 3.81. The molecule has 0 spiro atoms. The van der Waals surface area contributed by atoms with Gasteiger partial charge >= 0.3 is 0 Å². The predicted molar refractivity (Wildman–Crippen MR) is 129 cm³/mol. The number of pyridine rings is 1. The van der Waals surface area contributed by atoms with Crippen LogP contribution in [0, 0.1) is 0 Å². The lowest BCUT2D eigenvalue weighted by atomic mass is 10.1. The zero-order valence-electron chi connectivity index (χ0n) is 18.0. The molecule has 0 aliphatic carbocycles. The summed E-state index contributed by atoms with van der Waals surface area (Å²) in [6, 6.07) is 17.5. The third-order valence-corrected chi connectivity index (χ3v) is 5.86. The molecule has 164 valence electrons. The molecule has 2 aromatic heterocycles. The summed E-state index contributed by atoms with van der Waals surface area (Å²) in [5.74, 6) is 0.889. The van der Waals surface area contributed by atoms with Gasteiger partial charge in [0.1, 0.15) is 23.7 Å². The number of aromatic nitrogens is 2. The van der Waals surface area contributed by atoms with Crippen molar-refractivity contribution in [3.63, 3.8) is 0 Å². The van der Waals surface area contributed by atoms with Gasteiger partial charge in [-0.05, 0) is 55.1 Å². The minimum Gasteiger partial charge on any atom is -0.490 e. The van der Waals surface area contributed by atoms with Crippen LogP contribution in [0.4, 0.5) is 5.82 Å². The third-order valence-electron chi connectivity index (χ3n) is 4.86. The number of benzene rings is 2. The topological polar surface area (TPSA) is 93.4 Å². The standard InChI is InChI=1S/C24H25N5O2S/c1-29(2)10-11-31-19-12-18(17-8-9-26-21(25)14-17)13-20-22(19)28-24(32-20)23(30)27-15-16-6-4-3-5-7-16/h3-9,12-14H,10-11,15H2,1-2H3,(H2,25,26)(H,27,30). The van der Waals surface area contributed by atoms with Crippen LogP contribution in [-0.4, -0.2) is 48.0 Å². The Morgan fingerprint density at radius 2 is 1.94 bits per heavy atom. The number of nitrogens with one attached hydrogen (secondary N) is 1. The molecule has 0 fully saturated rings.